The van der Waals surface area contributed by atoms with Gasteiger partial charge in [-0.15, -0.1) is 0 Å². The van der Waals surface area contributed by atoms with E-state index >= 15 is 0 Å². The van der Waals surface area contributed by atoms with Crippen molar-refractivity contribution in [2.45, 2.75) is 20.3 Å². The third kappa shape index (κ3) is 4.76. The summed E-state index contributed by atoms with van der Waals surface area (Å²) < 4.78 is 10.5. The second-order valence-corrected chi connectivity index (χ2v) is 7.20. The number of fused-ring (bicyclic) bond motifs is 1. The Bertz CT molecular complexity index is 1120. The summed E-state index contributed by atoms with van der Waals surface area (Å²) in [6.45, 7) is 4.37. The molecule has 1 heterocycles. The van der Waals surface area contributed by atoms with Gasteiger partial charge in [-0.25, -0.2) is 4.99 Å². The Morgan fingerprint density at radius 1 is 1.13 bits per heavy atom. The lowest BCUT2D eigenvalue weighted by molar-refractivity contribution is -0.121. The van der Waals surface area contributed by atoms with Crippen LogP contribution in [0.25, 0.3) is 12.2 Å². The minimum atomic E-state index is -0.324. The number of amides is 2. The summed E-state index contributed by atoms with van der Waals surface area (Å²) in [6, 6.07) is 9.44. The third-order valence-corrected chi connectivity index (χ3v) is 5.24. The molecular formula is C24H26N2O4. The molecule has 6 nitrogen and oxygen atoms in total. The molecule has 0 saturated carbocycles. The minimum Gasteiger partial charge on any atom is -0.493 e. The van der Waals surface area contributed by atoms with Crippen LogP contribution in [0.1, 0.15) is 23.1 Å². The molecule has 0 spiro atoms. The standard InChI is InChI=1S/C24H26N2O4/c1-15-5-8-18-14-19(24(28)26-23(18)16(15)2)11-12-25-22(27)10-7-17-6-9-20(29-3)21(13-17)30-4/h5-10,13-14,19H,11-12H2,1-4H3,(H,25,27)/b10-7+. The molecule has 1 unspecified atom stereocenters. The van der Waals surface area contributed by atoms with Gasteiger partial charge in [-0.2, -0.15) is 0 Å². The first kappa shape index (κ1) is 21.3. The van der Waals surface area contributed by atoms with Gasteiger partial charge in [-0.05, 0) is 60.4 Å². The highest BCUT2D eigenvalue weighted by Crippen LogP contribution is 2.27. The van der Waals surface area contributed by atoms with E-state index in [0.717, 1.165) is 27.3 Å². The van der Waals surface area contributed by atoms with Crippen LogP contribution >= 0.6 is 0 Å². The van der Waals surface area contributed by atoms with Gasteiger partial charge in [-0.1, -0.05) is 24.3 Å². The normalized spacial score (nSPS) is 15.2. The Morgan fingerprint density at radius 2 is 1.90 bits per heavy atom. The van der Waals surface area contributed by atoms with Crippen molar-refractivity contribution in [3.05, 3.63) is 63.7 Å². The van der Waals surface area contributed by atoms with Crippen molar-refractivity contribution in [3.63, 3.8) is 0 Å². The number of ether oxygens (including phenoxy) is 2. The molecule has 1 aliphatic heterocycles. The topological polar surface area (TPSA) is 77.0 Å². The first-order valence-electron chi connectivity index (χ1n) is 9.81. The van der Waals surface area contributed by atoms with Crippen molar-refractivity contribution in [1.82, 2.24) is 5.32 Å². The van der Waals surface area contributed by atoms with Gasteiger partial charge in [0.1, 0.15) is 0 Å². The number of nitrogens with one attached hydrogen (secondary N) is 1. The maximum absolute atomic E-state index is 12.4. The molecule has 0 radical (unpaired) electrons. The highest BCUT2D eigenvalue weighted by molar-refractivity contribution is 5.92. The van der Waals surface area contributed by atoms with Crippen molar-refractivity contribution in [2.75, 3.05) is 20.8 Å². The molecular weight excluding hydrogens is 380 g/mol. The minimum absolute atomic E-state index is 0.161. The Labute approximate surface area is 175 Å². The Morgan fingerprint density at radius 3 is 2.63 bits per heavy atom. The molecule has 0 fully saturated rings. The van der Waals surface area contributed by atoms with Crippen molar-refractivity contribution < 1.29 is 19.1 Å². The van der Waals surface area contributed by atoms with Gasteiger partial charge in [0.2, 0.25) is 5.91 Å². The number of hydrogen-bond acceptors (Lipinski definition) is 4. The van der Waals surface area contributed by atoms with E-state index in [4.69, 9.17) is 9.47 Å². The van der Waals surface area contributed by atoms with E-state index in [2.05, 4.69) is 10.3 Å². The van der Waals surface area contributed by atoms with Gasteiger partial charge in [0.15, 0.2) is 11.5 Å². The second kappa shape index (κ2) is 9.39. The number of aryl methyl sites for hydroxylation is 1. The lowest BCUT2D eigenvalue weighted by Gasteiger charge is -2.13. The lowest BCUT2D eigenvalue weighted by Crippen LogP contribution is -2.37. The molecule has 2 amide bonds. The number of hydrogen-bond donors (Lipinski definition) is 1. The van der Waals surface area contributed by atoms with Gasteiger partial charge in [-0.3, -0.25) is 9.59 Å². The molecule has 0 aliphatic carbocycles. The molecule has 2 aromatic carbocycles. The number of carbonyl (C=O) groups excluding carboxylic acids is 2. The fourth-order valence-electron chi connectivity index (χ4n) is 3.33. The van der Waals surface area contributed by atoms with Crippen LogP contribution < -0.4 is 25.4 Å². The summed E-state index contributed by atoms with van der Waals surface area (Å²) in [5.41, 5.74) is 2.97. The van der Waals surface area contributed by atoms with Gasteiger partial charge >= 0.3 is 0 Å². The molecule has 0 aromatic heterocycles. The number of benzene rings is 2. The zero-order valence-corrected chi connectivity index (χ0v) is 17.7. The lowest BCUT2D eigenvalue weighted by atomic mass is 9.98. The van der Waals surface area contributed by atoms with Gasteiger partial charge < -0.3 is 14.8 Å². The monoisotopic (exact) mass is 406 g/mol. The van der Waals surface area contributed by atoms with E-state index < -0.39 is 0 Å². The maximum atomic E-state index is 12.4. The summed E-state index contributed by atoms with van der Waals surface area (Å²) in [4.78, 5) is 28.8. The van der Waals surface area contributed by atoms with E-state index in [0.29, 0.717) is 24.5 Å². The summed E-state index contributed by atoms with van der Waals surface area (Å²) in [5.74, 6) is 0.517. The first-order chi connectivity index (χ1) is 14.4. The average Bonchev–Trinajstić information content (AvgIpc) is 2.75. The average molecular weight is 406 g/mol. The van der Waals surface area contributed by atoms with Crippen LogP contribution in [0, 0.1) is 19.8 Å². The number of carbonyl (C=O) groups is 2. The molecule has 30 heavy (non-hydrogen) atoms. The molecule has 0 saturated heterocycles. The van der Waals surface area contributed by atoms with E-state index in [1.807, 2.05) is 38.1 Å². The quantitative estimate of drug-likeness (QED) is 0.715. The van der Waals surface area contributed by atoms with E-state index in [1.165, 1.54) is 6.08 Å². The SMILES string of the molecule is COc1ccc(/C=C/C(=O)NCCC2C=c3ccc(C)c(C)c3=NC2=O)cc1OC. The van der Waals surface area contributed by atoms with Crippen LogP contribution in [0.3, 0.4) is 0 Å². The Kier molecular flexibility index (Phi) is 6.67. The maximum Gasteiger partial charge on any atom is 0.253 e. The number of methoxy groups -OCH3 is 2. The van der Waals surface area contributed by atoms with Crippen LogP contribution in [0.5, 0.6) is 11.5 Å². The fourth-order valence-corrected chi connectivity index (χ4v) is 3.33. The predicted octanol–water partition coefficient (Wildman–Crippen LogP) is 2.10. The van der Waals surface area contributed by atoms with Gasteiger partial charge in [0, 0.05) is 12.6 Å². The summed E-state index contributed by atoms with van der Waals surface area (Å²) in [7, 11) is 3.14. The molecule has 1 aliphatic rings. The van der Waals surface area contributed by atoms with Gasteiger partial charge in [0.05, 0.1) is 25.5 Å². The van der Waals surface area contributed by atoms with E-state index in [1.54, 1.807) is 32.4 Å². The van der Waals surface area contributed by atoms with Crippen molar-refractivity contribution >= 4 is 24.0 Å². The molecule has 1 atom stereocenters. The van der Waals surface area contributed by atoms with Gasteiger partial charge in [0.25, 0.3) is 5.91 Å². The van der Waals surface area contributed by atoms with E-state index in [-0.39, 0.29) is 17.7 Å². The largest absolute Gasteiger partial charge is 0.493 e. The second-order valence-electron chi connectivity index (χ2n) is 7.20. The fraction of sp³-hybridized carbons (Fsp3) is 0.292. The molecule has 3 rings (SSSR count). The smallest absolute Gasteiger partial charge is 0.253 e. The van der Waals surface area contributed by atoms with Crippen LogP contribution in [0.2, 0.25) is 0 Å². The summed E-state index contributed by atoms with van der Waals surface area (Å²) in [5, 5.41) is 4.56. The van der Waals surface area contributed by atoms with Crippen LogP contribution in [-0.2, 0) is 9.59 Å². The van der Waals surface area contributed by atoms with Crippen molar-refractivity contribution in [2.24, 2.45) is 10.9 Å². The highest BCUT2D eigenvalue weighted by atomic mass is 16.5. The van der Waals surface area contributed by atoms with Crippen LogP contribution in [0.15, 0.2) is 41.4 Å². The van der Waals surface area contributed by atoms with Crippen LogP contribution in [-0.4, -0.2) is 32.6 Å². The Hall–Kier alpha value is -3.41. The third-order valence-electron chi connectivity index (χ3n) is 5.24. The Balaban J connectivity index is 1.58. The number of rotatable bonds is 7. The van der Waals surface area contributed by atoms with E-state index in [9.17, 15) is 9.59 Å². The van der Waals surface area contributed by atoms with Crippen molar-refractivity contribution in [1.29, 1.82) is 0 Å². The molecule has 156 valence electrons. The molecule has 1 N–H and O–H groups in total. The number of nitrogens with zero attached hydrogens (tertiary/aromatic N) is 1. The molecule has 0 bridgehead atoms. The zero-order valence-electron chi connectivity index (χ0n) is 17.7. The zero-order chi connectivity index (χ0) is 21.7. The highest BCUT2D eigenvalue weighted by Gasteiger charge is 2.19. The van der Waals surface area contributed by atoms with Crippen LogP contribution in [0.4, 0.5) is 0 Å². The molecule has 6 heteroatoms. The first-order valence-corrected chi connectivity index (χ1v) is 9.81. The molecule has 2 aromatic rings. The predicted molar refractivity (Wildman–Crippen MR) is 116 cm³/mol. The summed E-state index contributed by atoms with van der Waals surface area (Å²) in [6.07, 6.45) is 5.61. The van der Waals surface area contributed by atoms with Crippen molar-refractivity contribution in [3.8, 4) is 11.5 Å². The summed E-state index contributed by atoms with van der Waals surface area (Å²) >= 11 is 0.